The summed E-state index contributed by atoms with van der Waals surface area (Å²) in [5.41, 5.74) is 7.88. The molecule has 1 fully saturated rings. The third-order valence-corrected chi connectivity index (χ3v) is 12.6. The molecular weight excluding hydrogens is 787 g/mol. The number of carbonyl (C=O) groups is 5. The van der Waals surface area contributed by atoms with Crippen LogP contribution in [0.4, 0.5) is 5.69 Å². The van der Waals surface area contributed by atoms with Crippen LogP contribution < -0.4 is 21.1 Å². The quantitative estimate of drug-likeness (QED) is 0.121. The summed E-state index contributed by atoms with van der Waals surface area (Å²) >= 11 is 0. The number of ether oxygens (including phenoxy) is 2. The molecule has 15 nitrogen and oxygen atoms in total. The van der Waals surface area contributed by atoms with Crippen LogP contribution in [-0.4, -0.2) is 133 Å². The molecule has 0 radical (unpaired) electrons. The topological polar surface area (TPSA) is 193 Å². The van der Waals surface area contributed by atoms with Gasteiger partial charge in [-0.2, -0.15) is 0 Å². The molecule has 3 rings (SSSR count). The van der Waals surface area contributed by atoms with Gasteiger partial charge in [-0.1, -0.05) is 83.5 Å². The van der Waals surface area contributed by atoms with Crippen molar-refractivity contribution in [2.45, 2.75) is 109 Å². The van der Waals surface area contributed by atoms with Crippen molar-refractivity contribution >= 4 is 46.2 Å². The van der Waals surface area contributed by atoms with Gasteiger partial charge in [0.05, 0.1) is 55.0 Å². The summed E-state index contributed by atoms with van der Waals surface area (Å²) in [6.45, 7) is 9.89. The summed E-state index contributed by atoms with van der Waals surface area (Å²) in [6, 6.07) is 13.7. The minimum Gasteiger partial charge on any atom is -0.399 e. The van der Waals surface area contributed by atoms with Crippen molar-refractivity contribution in [2.75, 3.05) is 54.2 Å². The Morgan fingerprint density at radius 2 is 1.55 bits per heavy atom. The van der Waals surface area contributed by atoms with E-state index in [-0.39, 0.29) is 54.7 Å². The Labute approximate surface area is 359 Å². The number of nitrogen functional groups attached to an aromatic ring is 1. The predicted octanol–water partition coefficient (Wildman–Crippen LogP) is 2.90. The van der Waals surface area contributed by atoms with E-state index in [2.05, 4.69) is 15.4 Å². The zero-order valence-electron chi connectivity index (χ0n) is 37.1. The number of nitrogens with two attached hydrogens (primary N) is 1. The lowest BCUT2D eigenvalue weighted by atomic mass is 9.90. The molecular formula is C44H69N7O8S. The molecule has 1 heterocycles. The molecule has 5 amide bonds. The van der Waals surface area contributed by atoms with Gasteiger partial charge in [-0.05, 0) is 62.0 Å². The number of methoxy groups -OCH3 is 2. The van der Waals surface area contributed by atoms with Crippen molar-refractivity contribution in [3.63, 3.8) is 0 Å². The fourth-order valence-corrected chi connectivity index (χ4v) is 9.13. The lowest BCUT2D eigenvalue weighted by molar-refractivity contribution is -0.146. The van der Waals surface area contributed by atoms with E-state index in [1.165, 1.54) is 14.2 Å². The molecule has 0 aliphatic carbocycles. The number of carbonyl (C=O) groups excluding carboxylic acids is 5. The molecule has 0 spiro atoms. The molecule has 9 unspecified atom stereocenters. The summed E-state index contributed by atoms with van der Waals surface area (Å²) < 4.78 is 27.5. The molecule has 0 saturated carbocycles. The molecule has 2 aromatic rings. The van der Waals surface area contributed by atoms with Gasteiger partial charge in [-0.25, -0.2) is 4.21 Å². The fourth-order valence-electron chi connectivity index (χ4n) is 8.20. The average Bonchev–Trinajstić information content (AvgIpc) is 3.70. The van der Waals surface area contributed by atoms with E-state index >= 15 is 0 Å². The minimum atomic E-state index is -1.77. The molecule has 5 N–H and O–H groups in total. The number of anilines is 1. The van der Waals surface area contributed by atoms with Gasteiger partial charge in [0.1, 0.15) is 17.0 Å². The first kappa shape index (κ1) is 50.0. The number of likely N-dealkylation sites (tertiary alicyclic amines) is 1. The van der Waals surface area contributed by atoms with Gasteiger partial charge >= 0.3 is 0 Å². The van der Waals surface area contributed by atoms with Crippen LogP contribution in [0.25, 0.3) is 0 Å². The summed E-state index contributed by atoms with van der Waals surface area (Å²) in [5, 5.41) is 5.68. The predicted molar refractivity (Wildman–Crippen MR) is 234 cm³/mol. The van der Waals surface area contributed by atoms with Gasteiger partial charge in [-0.15, -0.1) is 0 Å². The number of rotatable bonds is 23. The second-order valence-corrected chi connectivity index (χ2v) is 17.6. The van der Waals surface area contributed by atoms with E-state index < -0.39 is 65.1 Å². The van der Waals surface area contributed by atoms with Crippen LogP contribution >= 0.6 is 0 Å². The maximum Gasteiger partial charge on any atom is 0.254 e. The van der Waals surface area contributed by atoms with Crippen molar-refractivity contribution in [3.8, 4) is 0 Å². The highest BCUT2D eigenvalue weighted by atomic mass is 32.2. The first-order valence-corrected chi connectivity index (χ1v) is 22.2. The van der Waals surface area contributed by atoms with Gasteiger partial charge in [0.2, 0.25) is 23.6 Å². The second kappa shape index (κ2) is 24.2. The number of nitrogens with zero attached hydrogens (tertiary/aromatic N) is 3. The third kappa shape index (κ3) is 14.1. The molecule has 0 aromatic heterocycles. The molecule has 16 heteroatoms. The highest BCUT2D eigenvalue weighted by molar-refractivity contribution is 7.82. The summed E-state index contributed by atoms with van der Waals surface area (Å²) in [6.07, 6.45) is 0.758. The van der Waals surface area contributed by atoms with Crippen LogP contribution in [0, 0.1) is 17.8 Å². The van der Waals surface area contributed by atoms with Crippen LogP contribution in [0.15, 0.2) is 54.6 Å². The SMILES string of the molecule is CCC(C)C(C(CC(=O)N1CCCC1C(OC)C(C)C(=O)NC(Cc1ccccc1)C(=O)NS(=O)Cc1ccc(N)cc1)OC)N(C)C(=O)CNC(=O)C(C(C)C)N(C)C. The van der Waals surface area contributed by atoms with Crippen LogP contribution in [0.1, 0.15) is 71.4 Å². The zero-order valence-corrected chi connectivity index (χ0v) is 38.0. The number of hydrogen-bond acceptors (Lipinski definition) is 10. The van der Waals surface area contributed by atoms with Crippen LogP contribution in [0.5, 0.6) is 0 Å². The zero-order chi connectivity index (χ0) is 44.7. The second-order valence-electron chi connectivity index (χ2n) is 16.5. The van der Waals surface area contributed by atoms with Gasteiger partial charge < -0.3 is 35.6 Å². The molecule has 1 saturated heterocycles. The minimum absolute atomic E-state index is 0.0219. The van der Waals surface area contributed by atoms with Crippen molar-refractivity contribution in [2.24, 2.45) is 17.8 Å². The van der Waals surface area contributed by atoms with E-state index in [4.69, 9.17) is 15.2 Å². The number of amides is 5. The van der Waals surface area contributed by atoms with Crippen molar-refractivity contribution in [1.29, 1.82) is 0 Å². The highest BCUT2D eigenvalue weighted by Crippen LogP contribution is 2.29. The van der Waals surface area contributed by atoms with Gasteiger partial charge in [0.15, 0.2) is 0 Å². The standard InChI is InChI=1S/C44H69N7O8S/c1-11-29(4)40(50(8)38(53)26-46-44(56)39(28(2)3)49(6)7)36(58-9)25-37(52)51-23-15-18-35(51)41(59-10)30(5)42(54)47-34(24-31-16-13-12-14-17-31)43(55)48-60(57)27-32-19-21-33(45)22-20-32/h12-14,16-17,19-22,28-30,34-36,39-41H,11,15,18,23-27,45H2,1-10H3,(H,46,56)(H,47,54)(H,48,55). The van der Waals surface area contributed by atoms with Crippen LogP contribution in [0.2, 0.25) is 0 Å². The van der Waals surface area contributed by atoms with Crippen molar-refractivity contribution in [1.82, 2.24) is 30.1 Å². The summed E-state index contributed by atoms with van der Waals surface area (Å²) in [7, 11) is 6.59. The average molecular weight is 856 g/mol. The van der Waals surface area contributed by atoms with Gasteiger partial charge in [0, 0.05) is 39.9 Å². The van der Waals surface area contributed by atoms with Crippen molar-refractivity contribution in [3.05, 3.63) is 65.7 Å². The van der Waals surface area contributed by atoms with E-state index in [1.54, 1.807) is 48.0 Å². The smallest absolute Gasteiger partial charge is 0.254 e. The Morgan fingerprint density at radius 1 is 0.900 bits per heavy atom. The maximum atomic E-state index is 14.2. The molecule has 334 valence electrons. The normalized spacial score (nSPS) is 18.1. The summed E-state index contributed by atoms with van der Waals surface area (Å²) in [4.78, 5) is 73.5. The van der Waals surface area contributed by atoms with E-state index in [9.17, 15) is 28.2 Å². The molecule has 60 heavy (non-hydrogen) atoms. The Hall–Kier alpha value is -4.38. The Kier molecular flexibility index (Phi) is 20.1. The number of nitrogens with one attached hydrogen (secondary N) is 3. The first-order valence-electron chi connectivity index (χ1n) is 20.9. The van der Waals surface area contributed by atoms with Crippen molar-refractivity contribution < 1.29 is 37.7 Å². The number of benzene rings is 2. The molecule has 9 atom stereocenters. The molecule has 2 aromatic carbocycles. The molecule has 1 aliphatic rings. The highest BCUT2D eigenvalue weighted by Gasteiger charge is 2.42. The Bertz CT molecular complexity index is 1720. The summed E-state index contributed by atoms with van der Waals surface area (Å²) in [5.74, 6) is -2.50. The molecule has 1 aliphatic heterocycles. The van der Waals surface area contributed by atoms with Gasteiger partial charge in [-0.3, -0.25) is 33.6 Å². The van der Waals surface area contributed by atoms with Crippen LogP contribution in [-0.2, 0) is 56.6 Å². The number of hydrogen-bond donors (Lipinski definition) is 4. The maximum absolute atomic E-state index is 14.2. The lowest BCUT2D eigenvalue weighted by Gasteiger charge is -2.39. The molecule has 0 bridgehead atoms. The Balaban J connectivity index is 1.74. The van der Waals surface area contributed by atoms with Crippen LogP contribution in [0.3, 0.4) is 0 Å². The van der Waals surface area contributed by atoms with E-state index in [1.807, 2.05) is 77.0 Å². The van der Waals surface area contributed by atoms with Gasteiger partial charge in [0.25, 0.3) is 5.91 Å². The first-order chi connectivity index (χ1) is 28.4. The number of likely N-dealkylation sites (N-methyl/N-ethyl adjacent to an activating group) is 2. The lowest BCUT2D eigenvalue weighted by Crippen LogP contribution is -2.55. The largest absolute Gasteiger partial charge is 0.399 e. The Morgan fingerprint density at radius 3 is 2.12 bits per heavy atom. The van der Waals surface area contributed by atoms with E-state index in [0.717, 1.165) is 11.1 Å². The third-order valence-electron chi connectivity index (χ3n) is 11.6. The monoisotopic (exact) mass is 855 g/mol. The fraction of sp³-hybridized carbons (Fsp3) is 0.614. The van der Waals surface area contributed by atoms with E-state index in [0.29, 0.717) is 31.5 Å².